The van der Waals surface area contributed by atoms with Gasteiger partial charge in [-0.1, -0.05) is 44.5 Å². The molecular formula is C23H33ClN2O2S. The van der Waals surface area contributed by atoms with E-state index in [2.05, 4.69) is 25.7 Å². The zero-order chi connectivity index (χ0) is 21.1. The molecule has 1 aromatic heterocycles. The number of likely N-dealkylation sites (tertiary alicyclic amines) is 1. The average Bonchev–Trinajstić information content (AvgIpc) is 2.91. The lowest BCUT2D eigenvalue weighted by Gasteiger charge is -2.29. The topological polar surface area (TPSA) is 45.6 Å². The van der Waals surface area contributed by atoms with Crippen molar-refractivity contribution < 1.29 is 9.84 Å². The van der Waals surface area contributed by atoms with Crippen LogP contribution in [0.15, 0.2) is 24.3 Å². The van der Waals surface area contributed by atoms with Crippen LogP contribution in [0.4, 0.5) is 0 Å². The van der Waals surface area contributed by atoms with E-state index in [1.807, 2.05) is 31.2 Å². The summed E-state index contributed by atoms with van der Waals surface area (Å²) in [4.78, 5) is 8.42. The number of para-hydroxylation sites is 1. The van der Waals surface area contributed by atoms with Crippen LogP contribution in [0.1, 0.15) is 55.6 Å². The Balaban J connectivity index is 1.62. The van der Waals surface area contributed by atoms with Crippen molar-refractivity contribution >= 4 is 22.9 Å². The van der Waals surface area contributed by atoms with Crippen LogP contribution in [0.25, 0.3) is 0 Å². The highest BCUT2D eigenvalue weighted by molar-refractivity contribution is 7.11. The zero-order valence-electron chi connectivity index (χ0n) is 18.0. The number of nitrogens with zero attached hydrogens (tertiary/aromatic N) is 2. The Morgan fingerprint density at radius 1 is 1.24 bits per heavy atom. The average molecular weight is 437 g/mol. The molecule has 1 aromatic carbocycles. The third kappa shape index (κ3) is 6.17. The first kappa shape index (κ1) is 22.5. The van der Waals surface area contributed by atoms with Crippen LogP contribution in [-0.2, 0) is 12.0 Å². The lowest BCUT2D eigenvalue weighted by Crippen LogP contribution is -2.34. The molecule has 3 rings (SSSR count). The Kier molecular flexibility index (Phi) is 7.26. The molecule has 1 fully saturated rings. The van der Waals surface area contributed by atoms with E-state index in [1.165, 1.54) is 4.88 Å². The van der Waals surface area contributed by atoms with Crippen LogP contribution in [0, 0.1) is 12.3 Å². The second-order valence-electron chi connectivity index (χ2n) is 9.28. The van der Waals surface area contributed by atoms with Crippen molar-refractivity contribution in [3.63, 3.8) is 0 Å². The van der Waals surface area contributed by atoms with Gasteiger partial charge in [0, 0.05) is 24.4 Å². The maximum Gasteiger partial charge on any atom is 0.137 e. The van der Waals surface area contributed by atoms with Gasteiger partial charge in [-0.05, 0) is 50.3 Å². The summed E-state index contributed by atoms with van der Waals surface area (Å²) in [5, 5.41) is 12.9. The highest BCUT2D eigenvalue weighted by atomic mass is 35.5. The number of benzene rings is 1. The third-order valence-electron chi connectivity index (χ3n) is 5.32. The van der Waals surface area contributed by atoms with Gasteiger partial charge < -0.3 is 14.7 Å². The summed E-state index contributed by atoms with van der Waals surface area (Å²) in [6, 6.07) is 7.52. The molecule has 2 aromatic rings. The molecule has 6 heteroatoms. The molecule has 1 aliphatic rings. The molecule has 0 radical (unpaired) electrons. The molecule has 0 saturated carbocycles. The first-order valence-electron chi connectivity index (χ1n) is 10.5. The Hall–Kier alpha value is -1.14. The smallest absolute Gasteiger partial charge is 0.137 e. The predicted molar refractivity (Wildman–Crippen MR) is 121 cm³/mol. The van der Waals surface area contributed by atoms with Gasteiger partial charge in [0.15, 0.2) is 0 Å². The first-order chi connectivity index (χ1) is 13.7. The lowest BCUT2D eigenvalue weighted by atomic mass is 9.95. The van der Waals surface area contributed by atoms with E-state index in [9.17, 15) is 5.11 Å². The predicted octanol–water partition coefficient (Wildman–Crippen LogP) is 5.45. The molecule has 29 heavy (non-hydrogen) atoms. The van der Waals surface area contributed by atoms with Gasteiger partial charge in [-0.2, -0.15) is 0 Å². The maximum atomic E-state index is 11.4. The molecule has 1 atom stereocenters. The van der Waals surface area contributed by atoms with Crippen LogP contribution in [-0.4, -0.2) is 41.2 Å². The Bertz CT molecular complexity index is 817. The SMILES string of the molecule is Cc1nc([C@@]2(O)CCCN(CC(C)(C)C)CC2)sc1CCOc1ccccc1Cl. The van der Waals surface area contributed by atoms with Crippen LogP contribution in [0.5, 0.6) is 5.75 Å². The van der Waals surface area contributed by atoms with E-state index < -0.39 is 5.60 Å². The molecule has 2 heterocycles. The lowest BCUT2D eigenvalue weighted by molar-refractivity contribution is 0.0200. The van der Waals surface area contributed by atoms with Crippen molar-refractivity contribution in [2.45, 2.75) is 59.0 Å². The van der Waals surface area contributed by atoms with Gasteiger partial charge in [0.05, 0.1) is 17.3 Å². The molecule has 0 spiro atoms. The quantitative estimate of drug-likeness (QED) is 0.654. The number of aliphatic hydroxyl groups is 1. The summed E-state index contributed by atoms with van der Waals surface area (Å²) >= 11 is 7.79. The van der Waals surface area contributed by atoms with Gasteiger partial charge in [0.1, 0.15) is 16.4 Å². The van der Waals surface area contributed by atoms with Crippen LogP contribution < -0.4 is 4.74 Å². The Morgan fingerprint density at radius 3 is 2.72 bits per heavy atom. The molecular weight excluding hydrogens is 404 g/mol. The molecule has 0 amide bonds. The maximum absolute atomic E-state index is 11.4. The highest BCUT2D eigenvalue weighted by Crippen LogP contribution is 2.37. The van der Waals surface area contributed by atoms with Crippen molar-refractivity contribution in [3.05, 3.63) is 44.9 Å². The van der Waals surface area contributed by atoms with Gasteiger partial charge in [0.25, 0.3) is 0 Å². The van der Waals surface area contributed by atoms with E-state index in [4.69, 9.17) is 21.3 Å². The summed E-state index contributed by atoms with van der Waals surface area (Å²) in [7, 11) is 0. The molecule has 0 bridgehead atoms. The fraction of sp³-hybridized carbons (Fsp3) is 0.609. The number of thiazole rings is 1. The first-order valence-corrected chi connectivity index (χ1v) is 11.6. The van der Waals surface area contributed by atoms with E-state index in [-0.39, 0.29) is 5.41 Å². The van der Waals surface area contributed by atoms with Crippen LogP contribution >= 0.6 is 22.9 Å². The molecule has 0 aliphatic carbocycles. The van der Waals surface area contributed by atoms with E-state index in [0.29, 0.717) is 17.4 Å². The number of rotatable bonds is 6. The minimum absolute atomic E-state index is 0.273. The van der Waals surface area contributed by atoms with Gasteiger partial charge >= 0.3 is 0 Å². The molecule has 160 valence electrons. The monoisotopic (exact) mass is 436 g/mol. The Morgan fingerprint density at radius 2 is 2.00 bits per heavy atom. The minimum atomic E-state index is -0.816. The van der Waals surface area contributed by atoms with Gasteiger partial charge in [0.2, 0.25) is 0 Å². The summed E-state index contributed by atoms with van der Waals surface area (Å²) in [6.07, 6.45) is 3.28. The van der Waals surface area contributed by atoms with Gasteiger partial charge in [-0.3, -0.25) is 0 Å². The zero-order valence-corrected chi connectivity index (χ0v) is 19.6. The van der Waals surface area contributed by atoms with Crippen molar-refractivity contribution in [2.75, 3.05) is 26.2 Å². The molecule has 1 saturated heterocycles. The minimum Gasteiger partial charge on any atom is -0.492 e. The number of hydrogen-bond acceptors (Lipinski definition) is 5. The summed E-state index contributed by atoms with van der Waals surface area (Å²) in [5.41, 5.74) is 0.454. The van der Waals surface area contributed by atoms with Crippen LogP contribution in [0.3, 0.4) is 0 Å². The number of hydrogen-bond donors (Lipinski definition) is 1. The number of ether oxygens (including phenoxy) is 1. The fourth-order valence-corrected chi connectivity index (χ4v) is 5.27. The fourth-order valence-electron chi connectivity index (χ4n) is 3.89. The molecule has 1 aliphatic heterocycles. The van der Waals surface area contributed by atoms with Crippen LogP contribution in [0.2, 0.25) is 5.02 Å². The third-order valence-corrected chi connectivity index (χ3v) is 7.04. The van der Waals surface area contributed by atoms with E-state index in [0.717, 1.165) is 56.0 Å². The second kappa shape index (κ2) is 9.34. The largest absolute Gasteiger partial charge is 0.492 e. The standard InChI is InChI=1S/C23H33ClN2O2S/c1-17-20(10-15-28-19-9-6-5-8-18(19)24)29-21(25-17)23(27)11-7-13-26(14-12-23)16-22(2,3)4/h5-6,8-9,27H,7,10-16H2,1-4H3/t23-/m1/s1. The normalized spacial score (nSPS) is 21.2. The van der Waals surface area contributed by atoms with E-state index in [1.54, 1.807) is 11.3 Å². The molecule has 4 nitrogen and oxygen atoms in total. The number of aryl methyl sites for hydroxylation is 1. The number of aromatic nitrogens is 1. The van der Waals surface area contributed by atoms with Gasteiger partial charge in [-0.25, -0.2) is 4.98 Å². The highest BCUT2D eigenvalue weighted by Gasteiger charge is 2.36. The van der Waals surface area contributed by atoms with Crippen molar-refractivity contribution in [3.8, 4) is 5.75 Å². The summed E-state index contributed by atoms with van der Waals surface area (Å²) < 4.78 is 5.83. The number of halogens is 1. The molecule has 1 N–H and O–H groups in total. The van der Waals surface area contributed by atoms with Crippen molar-refractivity contribution in [2.24, 2.45) is 5.41 Å². The molecule has 0 unspecified atom stereocenters. The summed E-state index contributed by atoms with van der Waals surface area (Å²) in [5.74, 6) is 0.706. The Labute approximate surface area is 183 Å². The van der Waals surface area contributed by atoms with E-state index >= 15 is 0 Å². The second-order valence-corrected chi connectivity index (χ2v) is 10.8. The summed E-state index contributed by atoms with van der Waals surface area (Å²) in [6.45, 7) is 12.4. The van der Waals surface area contributed by atoms with Gasteiger partial charge in [-0.15, -0.1) is 11.3 Å². The van der Waals surface area contributed by atoms with Crippen molar-refractivity contribution in [1.82, 2.24) is 9.88 Å². The van der Waals surface area contributed by atoms with Crippen molar-refractivity contribution in [1.29, 1.82) is 0 Å².